The minimum atomic E-state index is -0.564. The number of nitro groups is 2. The maximum absolute atomic E-state index is 10.7. The highest BCUT2D eigenvalue weighted by molar-refractivity contribution is 7.15. The van der Waals surface area contributed by atoms with Crippen molar-refractivity contribution < 1.29 is 14.6 Å². The normalized spacial score (nSPS) is 16.1. The Morgan fingerprint density at radius 1 is 1.15 bits per heavy atom. The van der Waals surface area contributed by atoms with Crippen molar-refractivity contribution in [3.63, 3.8) is 0 Å². The van der Waals surface area contributed by atoms with Crippen LogP contribution in [-0.4, -0.2) is 9.85 Å². The van der Waals surface area contributed by atoms with E-state index in [4.69, 9.17) is 4.74 Å². The molecule has 8 nitrogen and oxygen atoms in total. The lowest BCUT2D eigenvalue weighted by molar-refractivity contribution is -0.384. The average Bonchev–Trinajstić information content (AvgIpc) is 3.04. The molecule has 1 aliphatic rings. The third-order valence-corrected chi connectivity index (χ3v) is 3.84. The first-order valence-electron chi connectivity index (χ1n) is 5.50. The Morgan fingerprint density at radius 3 is 2.60 bits per heavy atom. The van der Waals surface area contributed by atoms with Crippen molar-refractivity contribution in [2.75, 3.05) is 5.32 Å². The molecule has 20 heavy (non-hydrogen) atoms. The molecular formula is C11H7N3O5S. The molecule has 2 heterocycles. The zero-order valence-electron chi connectivity index (χ0n) is 9.81. The standard InChI is InChI=1S/C11H7N3O5S/c15-13(16)6-1-2-8-7(5-6)12-11(19-8)9-3-4-10(20-9)14(17)18/h1-5,11-12H/t11-/m0/s1. The van der Waals surface area contributed by atoms with Crippen molar-refractivity contribution in [1.29, 1.82) is 0 Å². The van der Waals surface area contributed by atoms with Gasteiger partial charge in [-0.1, -0.05) is 11.3 Å². The Labute approximate surface area is 115 Å². The second-order valence-electron chi connectivity index (χ2n) is 4.01. The minimum absolute atomic E-state index is 0.0207. The summed E-state index contributed by atoms with van der Waals surface area (Å²) < 4.78 is 5.57. The van der Waals surface area contributed by atoms with E-state index in [2.05, 4.69) is 5.32 Å². The quantitative estimate of drug-likeness (QED) is 0.688. The lowest BCUT2D eigenvalue weighted by atomic mass is 10.2. The van der Waals surface area contributed by atoms with Crippen LogP contribution < -0.4 is 10.1 Å². The molecule has 0 fully saturated rings. The lowest BCUT2D eigenvalue weighted by Crippen LogP contribution is -2.07. The molecule has 0 amide bonds. The Kier molecular flexibility index (Phi) is 2.75. The van der Waals surface area contributed by atoms with E-state index in [9.17, 15) is 20.2 Å². The number of nitrogens with zero attached hydrogens (tertiary/aromatic N) is 2. The summed E-state index contributed by atoms with van der Waals surface area (Å²) in [7, 11) is 0. The van der Waals surface area contributed by atoms with Crippen molar-refractivity contribution in [1.82, 2.24) is 0 Å². The molecule has 1 aromatic heterocycles. The number of thiophene rings is 1. The van der Waals surface area contributed by atoms with Gasteiger partial charge < -0.3 is 10.1 Å². The highest BCUT2D eigenvalue weighted by Gasteiger charge is 2.27. The number of nitro benzene ring substituents is 1. The molecule has 3 rings (SSSR count). The van der Waals surface area contributed by atoms with Crippen LogP contribution in [0, 0.1) is 20.2 Å². The number of benzene rings is 1. The van der Waals surface area contributed by atoms with Crippen LogP contribution in [0.5, 0.6) is 5.75 Å². The van der Waals surface area contributed by atoms with Crippen LogP contribution in [-0.2, 0) is 0 Å². The predicted molar refractivity (Wildman–Crippen MR) is 71.1 cm³/mol. The Balaban J connectivity index is 1.85. The topological polar surface area (TPSA) is 108 Å². The molecule has 0 aliphatic carbocycles. The molecule has 0 bridgehead atoms. The number of anilines is 1. The van der Waals surface area contributed by atoms with Crippen LogP contribution in [0.25, 0.3) is 0 Å². The molecular weight excluding hydrogens is 286 g/mol. The summed E-state index contributed by atoms with van der Waals surface area (Å²) in [5.41, 5.74) is 0.456. The van der Waals surface area contributed by atoms with Crippen LogP contribution in [0.1, 0.15) is 11.1 Å². The molecule has 0 saturated carbocycles. The summed E-state index contributed by atoms with van der Waals surface area (Å²) in [6.07, 6.45) is -0.564. The lowest BCUT2D eigenvalue weighted by Gasteiger charge is -2.07. The van der Waals surface area contributed by atoms with E-state index in [1.54, 1.807) is 6.07 Å². The summed E-state index contributed by atoms with van der Waals surface area (Å²) in [5.74, 6) is 0.483. The second-order valence-corrected chi connectivity index (χ2v) is 5.11. The van der Waals surface area contributed by atoms with Gasteiger partial charge in [0.2, 0.25) is 6.23 Å². The van der Waals surface area contributed by atoms with Crippen molar-refractivity contribution in [3.8, 4) is 5.75 Å². The van der Waals surface area contributed by atoms with Gasteiger partial charge in [0.15, 0.2) is 0 Å². The van der Waals surface area contributed by atoms with Gasteiger partial charge in [-0.05, 0) is 12.1 Å². The SMILES string of the molecule is O=[N+]([O-])c1ccc2c(c1)N[C@H](c1ccc([N+](=O)[O-])s1)O2. The fraction of sp³-hybridized carbons (Fsp3) is 0.0909. The van der Waals surface area contributed by atoms with E-state index in [-0.39, 0.29) is 10.7 Å². The van der Waals surface area contributed by atoms with E-state index >= 15 is 0 Å². The Hall–Kier alpha value is -2.68. The van der Waals surface area contributed by atoms with Crippen LogP contribution in [0.4, 0.5) is 16.4 Å². The van der Waals surface area contributed by atoms with Crippen molar-refractivity contribution in [3.05, 3.63) is 55.4 Å². The van der Waals surface area contributed by atoms with E-state index in [0.29, 0.717) is 16.3 Å². The minimum Gasteiger partial charge on any atom is -0.463 e. The highest BCUT2D eigenvalue weighted by Crippen LogP contribution is 2.42. The number of rotatable bonds is 3. The number of hydrogen-bond acceptors (Lipinski definition) is 7. The van der Waals surface area contributed by atoms with Crippen molar-refractivity contribution in [2.45, 2.75) is 6.23 Å². The summed E-state index contributed by atoms with van der Waals surface area (Å²) in [6.45, 7) is 0. The molecule has 1 atom stereocenters. The molecule has 1 N–H and O–H groups in total. The summed E-state index contributed by atoms with van der Waals surface area (Å²) in [6, 6.07) is 7.22. The van der Waals surface area contributed by atoms with Gasteiger partial charge in [0.05, 0.1) is 20.4 Å². The molecule has 102 valence electrons. The first kappa shape index (κ1) is 12.4. The van der Waals surface area contributed by atoms with Crippen LogP contribution in [0.2, 0.25) is 0 Å². The average molecular weight is 293 g/mol. The highest BCUT2D eigenvalue weighted by atomic mass is 32.1. The molecule has 0 saturated heterocycles. The van der Waals surface area contributed by atoms with Crippen LogP contribution in [0.3, 0.4) is 0 Å². The van der Waals surface area contributed by atoms with Crippen molar-refractivity contribution >= 4 is 27.7 Å². The monoisotopic (exact) mass is 293 g/mol. The van der Waals surface area contributed by atoms with Gasteiger partial charge in [-0.2, -0.15) is 0 Å². The molecule has 0 radical (unpaired) electrons. The van der Waals surface area contributed by atoms with Gasteiger partial charge in [0, 0.05) is 18.2 Å². The molecule has 1 aliphatic heterocycles. The first-order valence-corrected chi connectivity index (χ1v) is 6.32. The number of hydrogen-bond donors (Lipinski definition) is 1. The molecule has 9 heteroatoms. The third-order valence-electron chi connectivity index (χ3n) is 2.76. The summed E-state index contributed by atoms with van der Waals surface area (Å²) in [5, 5.41) is 24.3. The fourth-order valence-electron chi connectivity index (χ4n) is 1.86. The van der Waals surface area contributed by atoms with Crippen LogP contribution in [0.15, 0.2) is 30.3 Å². The van der Waals surface area contributed by atoms with Gasteiger partial charge in [0.25, 0.3) is 5.69 Å². The zero-order valence-corrected chi connectivity index (χ0v) is 10.6. The van der Waals surface area contributed by atoms with Gasteiger partial charge >= 0.3 is 5.00 Å². The Bertz CT molecular complexity index is 714. The number of ether oxygens (including phenoxy) is 1. The predicted octanol–water partition coefficient (Wildman–Crippen LogP) is 3.07. The largest absolute Gasteiger partial charge is 0.463 e. The van der Waals surface area contributed by atoms with Crippen LogP contribution >= 0.6 is 11.3 Å². The summed E-state index contributed by atoms with van der Waals surface area (Å²) >= 11 is 0.999. The van der Waals surface area contributed by atoms with E-state index < -0.39 is 16.1 Å². The zero-order chi connectivity index (χ0) is 14.3. The summed E-state index contributed by atoms with van der Waals surface area (Å²) in [4.78, 5) is 21.0. The maximum atomic E-state index is 10.7. The van der Waals surface area contributed by atoms with Gasteiger partial charge in [-0.3, -0.25) is 20.2 Å². The molecule has 2 aromatic rings. The Morgan fingerprint density at radius 2 is 1.95 bits per heavy atom. The number of fused-ring (bicyclic) bond motifs is 1. The first-order chi connectivity index (χ1) is 9.54. The van der Waals surface area contributed by atoms with Gasteiger partial charge in [-0.15, -0.1) is 0 Å². The van der Waals surface area contributed by atoms with E-state index in [1.807, 2.05) is 0 Å². The van der Waals surface area contributed by atoms with E-state index in [1.165, 1.54) is 24.3 Å². The fourth-order valence-corrected chi connectivity index (χ4v) is 2.66. The number of nitrogens with one attached hydrogen (secondary N) is 1. The van der Waals surface area contributed by atoms with E-state index in [0.717, 1.165) is 11.3 Å². The van der Waals surface area contributed by atoms with Gasteiger partial charge in [-0.25, -0.2) is 0 Å². The van der Waals surface area contributed by atoms with Gasteiger partial charge in [0.1, 0.15) is 5.75 Å². The third kappa shape index (κ3) is 2.03. The molecule has 0 unspecified atom stereocenters. The maximum Gasteiger partial charge on any atom is 0.324 e. The number of non-ortho nitro benzene ring substituents is 1. The van der Waals surface area contributed by atoms with Crippen molar-refractivity contribution in [2.24, 2.45) is 0 Å². The second kappa shape index (κ2) is 4.46. The molecule has 1 aromatic carbocycles. The molecule has 0 spiro atoms. The smallest absolute Gasteiger partial charge is 0.324 e.